The Balaban J connectivity index is 1.92. The minimum atomic E-state index is -0.213. The zero-order valence-corrected chi connectivity index (χ0v) is 14.8. The van der Waals surface area contributed by atoms with Crippen LogP contribution in [0.5, 0.6) is 0 Å². The summed E-state index contributed by atoms with van der Waals surface area (Å²) in [7, 11) is 0. The van der Waals surface area contributed by atoms with E-state index in [1.165, 1.54) is 4.68 Å². The maximum Gasteiger partial charge on any atom is 0.279 e. The maximum atomic E-state index is 13.3. The Morgan fingerprint density at radius 3 is 2.42 bits per heavy atom. The molecule has 1 aromatic heterocycles. The molecule has 0 bridgehead atoms. The molecule has 1 aliphatic heterocycles. The van der Waals surface area contributed by atoms with Crippen LogP contribution in [0, 0.1) is 0 Å². The highest BCUT2D eigenvalue weighted by atomic mass is 16.2. The fourth-order valence-electron chi connectivity index (χ4n) is 3.63. The molecule has 0 unspecified atom stereocenters. The average molecular weight is 347 g/mol. The highest BCUT2D eigenvalue weighted by molar-refractivity contribution is 6.05. The van der Waals surface area contributed by atoms with Gasteiger partial charge in [0.15, 0.2) is 5.69 Å². The lowest BCUT2D eigenvalue weighted by molar-refractivity contribution is 0.0630. The molecule has 5 heteroatoms. The summed E-state index contributed by atoms with van der Waals surface area (Å²) in [6, 6.07) is 16.6. The molecule has 0 spiro atoms. The number of benzene rings is 2. The lowest BCUT2D eigenvalue weighted by Gasteiger charge is -2.33. The maximum absolute atomic E-state index is 13.3. The molecular weight excluding hydrogens is 326 g/mol. The normalized spacial score (nSPS) is 17.4. The van der Waals surface area contributed by atoms with Crippen LogP contribution in [0.2, 0.25) is 0 Å². The predicted octanol–water partition coefficient (Wildman–Crippen LogP) is 3.40. The summed E-state index contributed by atoms with van der Waals surface area (Å²) >= 11 is 0. The van der Waals surface area contributed by atoms with Gasteiger partial charge in [-0.25, -0.2) is 0 Å². The van der Waals surface area contributed by atoms with E-state index in [0.717, 1.165) is 25.8 Å². The van der Waals surface area contributed by atoms with E-state index in [-0.39, 0.29) is 17.5 Å². The van der Waals surface area contributed by atoms with E-state index in [4.69, 9.17) is 0 Å². The molecule has 0 aliphatic carbocycles. The number of hydrogen-bond acceptors (Lipinski definition) is 3. The van der Waals surface area contributed by atoms with Crippen molar-refractivity contribution in [1.29, 1.82) is 0 Å². The Hall–Kier alpha value is -2.95. The first kappa shape index (κ1) is 16.5. The molecule has 5 nitrogen and oxygen atoms in total. The molecule has 3 aromatic rings. The Morgan fingerprint density at radius 1 is 1.00 bits per heavy atom. The Bertz CT molecular complexity index is 1010. The number of rotatable bonds is 2. The SMILES string of the molecule is C[C@H]1CCCCN1C(=O)c1nn(-c2ccccc2)c(=O)c2ccccc12. The van der Waals surface area contributed by atoms with Gasteiger partial charge < -0.3 is 4.90 Å². The quantitative estimate of drug-likeness (QED) is 0.714. The lowest BCUT2D eigenvalue weighted by Crippen LogP contribution is -2.43. The Labute approximate surface area is 151 Å². The third-order valence-corrected chi connectivity index (χ3v) is 5.07. The van der Waals surface area contributed by atoms with Crippen LogP contribution in [0.25, 0.3) is 16.5 Å². The summed E-state index contributed by atoms with van der Waals surface area (Å²) in [6.45, 7) is 2.81. The van der Waals surface area contributed by atoms with E-state index in [1.54, 1.807) is 12.1 Å². The number of piperidine rings is 1. The Morgan fingerprint density at radius 2 is 1.69 bits per heavy atom. The van der Waals surface area contributed by atoms with E-state index < -0.39 is 0 Å². The average Bonchev–Trinajstić information content (AvgIpc) is 2.69. The van der Waals surface area contributed by atoms with Crippen molar-refractivity contribution in [2.24, 2.45) is 0 Å². The molecule has 0 N–H and O–H groups in total. The van der Waals surface area contributed by atoms with Crippen molar-refractivity contribution in [2.75, 3.05) is 6.54 Å². The van der Waals surface area contributed by atoms with Gasteiger partial charge in [0.2, 0.25) is 0 Å². The molecule has 1 fully saturated rings. The van der Waals surface area contributed by atoms with Gasteiger partial charge in [0, 0.05) is 18.0 Å². The summed E-state index contributed by atoms with van der Waals surface area (Å²) in [5.41, 5.74) is 0.789. The van der Waals surface area contributed by atoms with Gasteiger partial charge in [-0.15, -0.1) is 0 Å². The predicted molar refractivity (Wildman–Crippen MR) is 102 cm³/mol. The first-order valence-electron chi connectivity index (χ1n) is 9.05. The van der Waals surface area contributed by atoms with Gasteiger partial charge in [0.25, 0.3) is 11.5 Å². The van der Waals surface area contributed by atoms with Crippen LogP contribution in [0.15, 0.2) is 59.4 Å². The van der Waals surface area contributed by atoms with Crippen LogP contribution < -0.4 is 5.56 Å². The molecule has 1 aliphatic rings. The molecule has 2 heterocycles. The summed E-state index contributed by atoms with van der Waals surface area (Å²) in [4.78, 5) is 28.1. The van der Waals surface area contributed by atoms with Crippen LogP contribution in [0.1, 0.15) is 36.7 Å². The van der Waals surface area contributed by atoms with Gasteiger partial charge in [-0.1, -0.05) is 36.4 Å². The molecule has 0 saturated carbocycles. The monoisotopic (exact) mass is 347 g/mol. The third-order valence-electron chi connectivity index (χ3n) is 5.07. The molecule has 0 radical (unpaired) electrons. The van der Waals surface area contributed by atoms with E-state index in [2.05, 4.69) is 12.0 Å². The van der Waals surface area contributed by atoms with Crippen molar-refractivity contribution < 1.29 is 4.79 Å². The second-order valence-electron chi connectivity index (χ2n) is 6.79. The van der Waals surface area contributed by atoms with Gasteiger partial charge in [-0.3, -0.25) is 9.59 Å². The minimum Gasteiger partial charge on any atom is -0.335 e. The first-order valence-corrected chi connectivity index (χ1v) is 9.05. The van der Waals surface area contributed by atoms with Crippen molar-refractivity contribution in [2.45, 2.75) is 32.2 Å². The van der Waals surface area contributed by atoms with Crippen molar-refractivity contribution >= 4 is 16.7 Å². The summed E-state index contributed by atoms with van der Waals surface area (Å²) in [5.74, 6) is -0.0990. The van der Waals surface area contributed by atoms with Crippen LogP contribution in [0.4, 0.5) is 0 Å². The molecular formula is C21H21N3O2. The Kier molecular flexibility index (Phi) is 4.29. The number of aromatic nitrogens is 2. The van der Waals surface area contributed by atoms with Crippen LogP contribution in [-0.4, -0.2) is 33.2 Å². The molecule has 26 heavy (non-hydrogen) atoms. The van der Waals surface area contributed by atoms with Crippen molar-refractivity contribution in [3.8, 4) is 5.69 Å². The first-order chi connectivity index (χ1) is 12.7. The molecule has 4 rings (SSSR count). The molecule has 1 amide bonds. The molecule has 1 atom stereocenters. The summed E-state index contributed by atoms with van der Waals surface area (Å²) < 4.78 is 1.34. The highest BCUT2D eigenvalue weighted by Gasteiger charge is 2.27. The number of carbonyl (C=O) groups excluding carboxylic acids is 1. The topological polar surface area (TPSA) is 55.2 Å². The second kappa shape index (κ2) is 6.75. The van der Waals surface area contributed by atoms with Crippen LogP contribution in [-0.2, 0) is 0 Å². The van der Waals surface area contributed by atoms with Gasteiger partial charge in [0.1, 0.15) is 0 Å². The van der Waals surface area contributed by atoms with Gasteiger partial charge >= 0.3 is 0 Å². The van der Waals surface area contributed by atoms with Crippen LogP contribution in [0.3, 0.4) is 0 Å². The molecule has 132 valence electrons. The number of nitrogens with zero attached hydrogens (tertiary/aromatic N) is 3. The minimum absolute atomic E-state index is 0.0990. The van der Waals surface area contributed by atoms with Gasteiger partial charge in [-0.2, -0.15) is 9.78 Å². The fourth-order valence-corrected chi connectivity index (χ4v) is 3.63. The van der Waals surface area contributed by atoms with Crippen molar-refractivity contribution in [3.63, 3.8) is 0 Å². The molecule has 1 saturated heterocycles. The number of likely N-dealkylation sites (tertiary alicyclic amines) is 1. The van der Waals surface area contributed by atoms with Crippen LogP contribution >= 0.6 is 0 Å². The zero-order chi connectivity index (χ0) is 18.1. The summed E-state index contributed by atoms with van der Waals surface area (Å²) in [6.07, 6.45) is 3.15. The number of fused-ring (bicyclic) bond motifs is 1. The van der Waals surface area contributed by atoms with Crippen molar-refractivity contribution in [3.05, 3.63) is 70.6 Å². The number of amides is 1. The van der Waals surface area contributed by atoms with Gasteiger partial charge in [-0.05, 0) is 44.4 Å². The van der Waals surface area contributed by atoms with Crippen molar-refractivity contribution in [1.82, 2.24) is 14.7 Å². The summed E-state index contributed by atoms with van der Waals surface area (Å²) in [5, 5.41) is 5.62. The van der Waals surface area contributed by atoms with E-state index >= 15 is 0 Å². The highest BCUT2D eigenvalue weighted by Crippen LogP contribution is 2.22. The smallest absolute Gasteiger partial charge is 0.279 e. The fraction of sp³-hybridized carbons (Fsp3) is 0.286. The lowest BCUT2D eigenvalue weighted by atomic mass is 10.0. The number of carbonyl (C=O) groups is 1. The number of hydrogen-bond donors (Lipinski definition) is 0. The van der Waals surface area contributed by atoms with E-state index in [0.29, 0.717) is 22.2 Å². The van der Waals surface area contributed by atoms with Gasteiger partial charge in [0.05, 0.1) is 11.1 Å². The second-order valence-corrected chi connectivity index (χ2v) is 6.79. The third kappa shape index (κ3) is 2.79. The number of para-hydroxylation sites is 1. The van der Waals surface area contributed by atoms with E-state index in [1.807, 2.05) is 47.4 Å². The standard InChI is InChI=1S/C21H21N3O2/c1-15-9-7-8-14-23(15)21(26)19-17-12-5-6-13-18(17)20(25)24(22-19)16-10-3-2-4-11-16/h2-6,10-13,15H,7-9,14H2,1H3/t15-/m0/s1. The molecule has 2 aromatic carbocycles. The zero-order valence-electron chi connectivity index (χ0n) is 14.8. The largest absolute Gasteiger partial charge is 0.335 e. The van der Waals surface area contributed by atoms with E-state index in [9.17, 15) is 9.59 Å².